The first-order chi connectivity index (χ1) is 15.9. The van der Waals surface area contributed by atoms with Crippen LogP contribution in [-0.2, 0) is 9.53 Å². The maximum absolute atomic E-state index is 12.5. The first-order valence-corrected chi connectivity index (χ1v) is 10.6. The predicted octanol–water partition coefficient (Wildman–Crippen LogP) is 5.55. The van der Waals surface area contributed by atoms with Crippen LogP contribution in [0.4, 0.5) is 5.69 Å². The van der Waals surface area contributed by atoms with Crippen LogP contribution in [0.15, 0.2) is 77.2 Å². The van der Waals surface area contributed by atoms with Crippen LogP contribution in [0.5, 0.6) is 0 Å². The van der Waals surface area contributed by atoms with Crippen molar-refractivity contribution in [2.24, 2.45) is 0 Å². The molecule has 4 aromatic rings. The molecule has 4 rings (SSSR count). The molecule has 0 aliphatic heterocycles. The normalized spacial score (nSPS) is 11.6. The molecule has 0 saturated heterocycles. The quantitative estimate of drug-likeness (QED) is 0.378. The second-order valence-corrected chi connectivity index (χ2v) is 7.78. The van der Waals surface area contributed by atoms with Crippen LogP contribution in [0.2, 0.25) is 5.02 Å². The highest BCUT2D eigenvalue weighted by atomic mass is 35.5. The zero-order chi connectivity index (χ0) is 23.4. The van der Waals surface area contributed by atoms with E-state index in [1.807, 2.05) is 31.2 Å². The van der Waals surface area contributed by atoms with Crippen LogP contribution >= 0.6 is 11.6 Å². The Morgan fingerprint density at radius 2 is 1.48 bits per heavy atom. The molecule has 0 radical (unpaired) electrons. The lowest BCUT2D eigenvalue weighted by Crippen LogP contribution is -2.30. The standard InChI is InChI=1S/C25H20ClN3O4/c1-15-7-9-17(10-8-15)23-28-29-24(33-23)18-11-13-19(14-12-18)25(31)32-16(2)22(30)27-21-6-4-3-5-20(21)26/h3-14,16H,1-2H3,(H,27,30). The van der Waals surface area contributed by atoms with Crippen LogP contribution in [0.1, 0.15) is 22.8 Å². The van der Waals surface area contributed by atoms with Gasteiger partial charge in [0, 0.05) is 11.1 Å². The van der Waals surface area contributed by atoms with Crippen LogP contribution in [0, 0.1) is 6.92 Å². The molecule has 0 saturated carbocycles. The van der Waals surface area contributed by atoms with Gasteiger partial charge in [-0.2, -0.15) is 0 Å². The molecule has 8 heteroatoms. The Bertz CT molecular complexity index is 1280. The summed E-state index contributed by atoms with van der Waals surface area (Å²) in [6.07, 6.45) is -1.01. The van der Waals surface area contributed by atoms with Gasteiger partial charge in [0.15, 0.2) is 6.10 Å². The van der Waals surface area contributed by atoms with Gasteiger partial charge in [0.2, 0.25) is 11.8 Å². The van der Waals surface area contributed by atoms with Gasteiger partial charge in [-0.1, -0.05) is 41.4 Å². The molecule has 1 N–H and O–H groups in total. The van der Waals surface area contributed by atoms with Gasteiger partial charge in [-0.15, -0.1) is 10.2 Å². The van der Waals surface area contributed by atoms with Crippen molar-refractivity contribution in [2.75, 3.05) is 5.32 Å². The zero-order valence-corrected chi connectivity index (χ0v) is 18.7. The minimum Gasteiger partial charge on any atom is -0.449 e. The number of carbonyl (C=O) groups is 2. The number of para-hydroxylation sites is 1. The number of rotatable bonds is 6. The smallest absolute Gasteiger partial charge is 0.338 e. The Kier molecular flexibility index (Phi) is 6.51. The van der Waals surface area contributed by atoms with Crippen molar-refractivity contribution in [1.82, 2.24) is 10.2 Å². The molecule has 0 aliphatic carbocycles. The molecule has 33 heavy (non-hydrogen) atoms. The van der Waals surface area contributed by atoms with Gasteiger partial charge in [0.25, 0.3) is 5.91 Å². The molecule has 0 bridgehead atoms. The van der Waals surface area contributed by atoms with Crippen molar-refractivity contribution < 1.29 is 18.7 Å². The molecule has 3 aromatic carbocycles. The number of amides is 1. The number of halogens is 1. The molecule has 1 atom stereocenters. The highest BCUT2D eigenvalue weighted by molar-refractivity contribution is 6.33. The molecule has 0 fully saturated rings. The molecule has 1 amide bonds. The summed E-state index contributed by atoms with van der Waals surface area (Å²) in [6.45, 7) is 3.49. The molecule has 166 valence electrons. The van der Waals surface area contributed by atoms with E-state index >= 15 is 0 Å². The van der Waals surface area contributed by atoms with Gasteiger partial charge in [0.05, 0.1) is 16.3 Å². The van der Waals surface area contributed by atoms with Gasteiger partial charge in [-0.25, -0.2) is 4.79 Å². The van der Waals surface area contributed by atoms with Crippen molar-refractivity contribution in [3.05, 3.63) is 88.9 Å². The highest BCUT2D eigenvalue weighted by Gasteiger charge is 2.20. The zero-order valence-electron chi connectivity index (χ0n) is 17.9. The van der Waals surface area contributed by atoms with E-state index in [2.05, 4.69) is 15.5 Å². The Labute approximate surface area is 195 Å². The van der Waals surface area contributed by atoms with E-state index in [9.17, 15) is 9.59 Å². The summed E-state index contributed by atoms with van der Waals surface area (Å²) in [7, 11) is 0. The van der Waals surface area contributed by atoms with E-state index in [0.29, 0.717) is 28.1 Å². The summed E-state index contributed by atoms with van der Waals surface area (Å²) >= 11 is 6.04. The molecule has 1 heterocycles. The number of esters is 1. The van der Waals surface area contributed by atoms with E-state index < -0.39 is 18.0 Å². The summed E-state index contributed by atoms with van der Waals surface area (Å²) in [5.74, 6) is -0.374. The number of carbonyl (C=O) groups excluding carboxylic acids is 2. The molecule has 0 spiro atoms. The minimum absolute atomic E-state index is 0.286. The van der Waals surface area contributed by atoms with Crippen LogP contribution in [0.25, 0.3) is 22.9 Å². The molecule has 1 aromatic heterocycles. The monoisotopic (exact) mass is 461 g/mol. The number of aromatic nitrogens is 2. The first-order valence-electron chi connectivity index (χ1n) is 10.2. The lowest BCUT2D eigenvalue weighted by Gasteiger charge is -2.14. The van der Waals surface area contributed by atoms with Crippen LogP contribution in [0.3, 0.4) is 0 Å². The predicted molar refractivity (Wildman–Crippen MR) is 125 cm³/mol. The lowest BCUT2D eigenvalue weighted by atomic mass is 10.1. The molecule has 7 nitrogen and oxygen atoms in total. The van der Waals surface area contributed by atoms with Crippen molar-refractivity contribution in [3.63, 3.8) is 0 Å². The number of aryl methyl sites for hydroxylation is 1. The third kappa shape index (κ3) is 5.27. The first kappa shape index (κ1) is 22.2. The second-order valence-electron chi connectivity index (χ2n) is 7.37. The van der Waals surface area contributed by atoms with Crippen molar-refractivity contribution >= 4 is 29.2 Å². The summed E-state index contributed by atoms with van der Waals surface area (Å²) < 4.78 is 11.0. The largest absolute Gasteiger partial charge is 0.449 e. The van der Waals surface area contributed by atoms with Gasteiger partial charge < -0.3 is 14.5 Å². The fraction of sp³-hybridized carbons (Fsp3) is 0.120. The lowest BCUT2D eigenvalue weighted by molar-refractivity contribution is -0.123. The van der Waals surface area contributed by atoms with Crippen LogP contribution in [-0.4, -0.2) is 28.2 Å². The second kappa shape index (κ2) is 9.67. The SMILES string of the molecule is Cc1ccc(-c2nnc(-c3ccc(C(=O)OC(C)C(=O)Nc4ccccc4Cl)cc3)o2)cc1. The number of hydrogen-bond acceptors (Lipinski definition) is 6. The summed E-state index contributed by atoms with van der Waals surface area (Å²) in [5, 5.41) is 11.2. The molecular formula is C25H20ClN3O4. The number of nitrogens with one attached hydrogen (secondary N) is 1. The third-order valence-corrected chi connectivity index (χ3v) is 5.21. The van der Waals surface area contributed by atoms with Crippen molar-refractivity contribution in [2.45, 2.75) is 20.0 Å². The number of benzene rings is 3. The Morgan fingerprint density at radius 3 is 2.09 bits per heavy atom. The van der Waals surface area contributed by atoms with Gasteiger partial charge in [-0.3, -0.25) is 4.79 Å². The van der Waals surface area contributed by atoms with E-state index in [-0.39, 0.29) is 5.56 Å². The van der Waals surface area contributed by atoms with Gasteiger partial charge in [0.1, 0.15) is 0 Å². The number of nitrogens with zero attached hydrogens (tertiary/aromatic N) is 2. The maximum Gasteiger partial charge on any atom is 0.338 e. The minimum atomic E-state index is -1.01. The number of anilines is 1. The van der Waals surface area contributed by atoms with E-state index in [1.165, 1.54) is 6.92 Å². The van der Waals surface area contributed by atoms with Gasteiger partial charge >= 0.3 is 5.97 Å². The summed E-state index contributed by atoms with van der Waals surface area (Å²) in [6, 6.07) is 21.1. The van der Waals surface area contributed by atoms with Crippen molar-refractivity contribution in [3.8, 4) is 22.9 Å². The highest BCUT2D eigenvalue weighted by Crippen LogP contribution is 2.25. The third-order valence-electron chi connectivity index (χ3n) is 4.88. The van der Waals surface area contributed by atoms with E-state index in [0.717, 1.165) is 11.1 Å². The van der Waals surface area contributed by atoms with E-state index in [1.54, 1.807) is 48.5 Å². The Hall–Kier alpha value is -3.97. The molecular weight excluding hydrogens is 442 g/mol. The maximum atomic E-state index is 12.5. The van der Waals surface area contributed by atoms with Gasteiger partial charge in [-0.05, 0) is 62.4 Å². The summed E-state index contributed by atoms with van der Waals surface area (Å²) in [5.41, 5.74) is 3.34. The fourth-order valence-electron chi connectivity index (χ4n) is 2.98. The topological polar surface area (TPSA) is 94.3 Å². The summed E-state index contributed by atoms with van der Waals surface area (Å²) in [4.78, 5) is 24.8. The Balaban J connectivity index is 1.39. The average Bonchev–Trinajstić information content (AvgIpc) is 3.31. The van der Waals surface area contributed by atoms with E-state index in [4.69, 9.17) is 20.8 Å². The fourth-order valence-corrected chi connectivity index (χ4v) is 3.16. The number of hydrogen-bond donors (Lipinski definition) is 1. The molecule has 0 aliphatic rings. The molecule has 1 unspecified atom stereocenters. The van der Waals surface area contributed by atoms with Crippen LogP contribution < -0.4 is 5.32 Å². The average molecular weight is 462 g/mol. The van der Waals surface area contributed by atoms with Crippen molar-refractivity contribution in [1.29, 1.82) is 0 Å². The Morgan fingerprint density at radius 1 is 0.909 bits per heavy atom. The number of ether oxygens (including phenoxy) is 1.